The first-order chi connectivity index (χ1) is 13.6. The molecule has 0 atom stereocenters. The smallest absolute Gasteiger partial charge is 0.161 e. The van der Waals surface area contributed by atoms with Crippen LogP contribution < -0.4 is 14.8 Å². The molecule has 1 heterocycles. The Kier molecular flexibility index (Phi) is 11.5. The van der Waals surface area contributed by atoms with Gasteiger partial charge in [0.1, 0.15) is 17.6 Å². The maximum atomic E-state index is 13.0. The standard InChI is InChI=1S/C22H22ClFN2O2.2ClH/c1-2-27-21-11-17(13-25-12-16-3-7-19(24)8-4-16)5-9-20(21)28-15-18-6-10-22(23)26-14-18;;/h3-11,14,25H,2,12-13,15H2,1H3;2*1H. The molecule has 0 bridgehead atoms. The molecule has 8 heteroatoms. The van der Waals surface area contributed by atoms with Crippen LogP contribution in [0.4, 0.5) is 4.39 Å². The lowest BCUT2D eigenvalue weighted by Crippen LogP contribution is -2.13. The van der Waals surface area contributed by atoms with Gasteiger partial charge in [-0.3, -0.25) is 0 Å². The molecule has 0 spiro atoms. The monoisotopic (exact) mass is 472 g/mol. The third-order valence-corrected chi connectivity index (χ3v) is 4.29. The minimum absolute atomic E-state index is 0. The number of pyridine rings is 1. The highest BCUT2D eigenvalue weighted by atomic mass is 35.5. The molecular formula is C22H24Cl3FN2O2. The summed E-state index contributed by atoms with van der Waals surface area (Å²) in [6.07, 6.45) is 1.69. The molecule has 0 amide bonds. The van der Waals surface area contributed by atoms with Crippen molar-refractivity contribution in [3.63, 3.8) is 0 Å². The van der Waals surface area contributed by atoms with Gasteiger partial charge in [0, 0.05) is 24.8 Å². The molecular weight excluding hydrogens is 450 g/mol. The molecule has 3 aromatic rings. The van der Waals surface area contributed by atoms with E-state index in [4.69, 9.17) is 21.1 Å². The van der Waals surface area contributed by atoms with E-state index in [1.807, 2.05) is 31.2 Å². The van der Waals surface area contributed by atoms with E-state index in [1.54, 1.807) is 24.4 Å². The molecule has 30 heavy (non-hydrogen) atoms. The Morgan fingerprint density at radius 1 is 0.867 bits per heavy atom. The molecule has 3 rings (SSSR count). The molecule has 0 aliphatic carbocycles. The summed E-state index contributed by atoms with van der Waals surface area (Å²) in [4.78, 5) is 4.05. The molecule has 162 valence electrons. The van der Waals surface area contributed by atoms with Gasteiger partial charge in [0.05, 0.1) is 6.61 Å². The van der Waals surface area contributed by atoms with Crippen molar-refractivity contribution in [2.75, 3.05) is 6.61 Å². The zero-order valence-electron chi connectivity index (χ0n) is 16.4. The Bertz CT molecular complexity index is 894. The summed E-state index contributed by atoms with van der Waals surface area (Å²) >= 11 is 5.81. The third-order valence-electron chi connectivity index (χ3n) is 4.06. The van der Waals surface area contributed by atoms with Crippen molar-refractivity contribution in [1.82, 2.24) is 10.3 Å². The molecule has 2 aromatic carbocycles. The Balaban J connectivity index is 0.00000225. The topological polar surface area (TPSA) is 43.4 Å². The van der Waals surface area contributed by atoms with E-state index in [1.165, 1.54) is 12.1 Å². The van der Waals surface area contributed by atoms with Crippen LogP contribution in [0.15, 0.2) is 60.8 Å². The number of benzene rings is 2. The van der Waals surface area contributed by atoms with Crippen molar-refractivity contribution in [2.24, 2.45) is 0 Å². The molecule has 1 aromatic heterocycles. The molecule has 0 saturated carbocycles. The first kappa shape index (κ1) is 26.0. The minimum atomic E-state index is -0.227. The normalized spacial score (nSPS) is 9.97. The number of halogens is 4. The molecule has 0 unspecified atom stereocenters. The van der Waals surface area contributed by atoms with Crippen LogP contribution in [0.5, 0.6) is 11.5 Å². The Hall–Kier alpha value is -2.05. The highest BCUT2D eigenvalue weighted by Gasteiger charge is 2.08. The molecule has 4 nitrogen and oxygen atoms in total. The maximum Gasteiger partial charge on any atom is 0.161 e. The number of aromatic nitrogens is 1. The first-order valence-electron chi connectivity index (χ1n) is 9.08. The van der Waals surface area contributed by atoms with Crippen LogP contribution in [0.2, 0.25) is 5.15 Å². The summed E-state index contributed by atoms with van der Waals surface area (Å²) in [6.45, 7) is 4.19. The van der Waals surface area contributed by atoms with E-state index < -0.39 is 0 Å². The van der Waals surface area contributed by atoms with Crippen LogP contribution in [-0.4, -0.2) is 11.6 Å². The lowest BCUT2D eigenvalue weighted by atomic mass is 10.2. The van der Waals surface area contributed by atoms with Gasteiger partial charge in [0.2, 0.25) is 0 Å². The zero-order valence-corrected chi connectivity index (χ0v) is 18.8. The summed E-state index contributed by atoms with van der Waals surface area (Å²) < 4.78 is 24.6. The second-order valence-electron chi connectivity index (χ2n) is 6.22. The van der Waals surface area contributed by atoms with E-state index in [-0.39, 0.29) is 30.6 Å². The largest absolute Gasteiger partial charge is 0.490 e. The summed E-state index contributed by atoms with van der Waals surface area (Å²) in [5, 5.41) is 3.80. The molecule has 0 fully saturated rings. The quantitative estimate of drug-likeness (QED) is 0.388. The van der Waals surface area contributed by atoms with E-state index in [2.05, 4.69) is 10.3 Å². The third kappa shape index (κ3) is 8.00. The fourth-order valence-electron chi connectivity index (χ4n) is 2.66. The summed E-state index contributed by atoms with van der Waals surface area (Å²) in [5.41, 5.74) is 3.03. The zero-order chi connectivity index (χ0) is 19.8. The van der Waals surface area contributed by atoms with Gasteiger partial charge in [0.25, 0.3) is 0 Å². The predicted molar refractivity (Wildman–Crippen MR) is 123 cm³/mol. The Morgan fingerprint density at radius 3 is 2.20 bits per heavy atom. The van der Waals surface area contributed by atoms with Gasteiger partial charge in [0.15, 0.2) is 11.5 Å². The van der Waals surface area contributed by atoms with Crippen LogP contribution >= 0.6 is 36.4 Å². The van der Waals surface area contributed by atoms with E-state index in [0.717, 1.165) is 16.7 Å². The second kappa shape index (κ2) is 13.3. The molecule has 0 aliphatic heterocycles. The summed E-state index contributed by atoms with van der Waals surface area (Å²) in [7, 11) is 0. The first-order valence-corrected chi connectivity index (χ1v) is 9.46. The van der Waals surface area contributed by atoms with Crippen LogP contribution in [0, 0.1) is 5.82 Å². The number of hydrogen-bond acceptors (Lipinski definition) is 4. The van der Waals surface area contributed by atoms with Gasteiger partial charge in [-0.05, 0) is 48.4 Å². The van der Waals surface area contributed by atoms with Crippen LogP contribution in [0.1, 0.15) is 23.6 Å². The lowest BCUT2D eigenvalue weighted by molar-refractivity contribution is 0.269. The number of nitrogens with zero attached hydrogens (tertiary/aromatic N) is 1. The molecule has 0 aliphatic rings. The average Bonchev–Trinajstić information content (AvgIpc) is 2.70. The summed E-state index contributed by atoms with van der Waals surface area (Å²) in [5.74, 6) is 1.15. The lowest BCUT2D eigenvalue weighted by Gasteiger charge is -2.14. The maximum absolute atomic E-state index is 13.0. The van der Waals surface area contributed by atoms with E-state index >= 15 is 0 Å². The van der Waals surface area contributed by atoms with Crippen molar-refractivity contribution in [2.45, 2.75) is 26.6 Å². The number of nitrogens with one attached hydrogen (secondary N) is 1. The highest BCUT2D eigenvalue weighted by molar-refractivity contribution is 6.29. The molecule has 0 radical (unpaired) electrons. The van der Waals surface area contributed by atoms with Crippen molar-refractivity contribution in [3.8, 4) is 11.5 Å². The second-order valence-corrected chi connectivity index (χ2v) is 6.61. The van der Waals surface area contributed by atoms with Gasteiger partial charge in [-0.2, -0.15) is 0 Å². The molecule has 0 saturated heterocycles. The number of hydrogen-bond donors (Lipinski definition) is 1. The van der Waals surface area contributed by atoms with Crippen molar-refractivity contribution in [3.05, 3.63) is 88.5 Å². The van der Waals surface area contributed by atoms with Gasteiger partial charge in [-0.1, -0.05) is 35.9 Å². The SMILES string of the molecule is CCOc1cc(CNCc2ccc(F)cc2)ccc1OCc1ccc(Cl)nc1.Cl.Cl. The summed E-state index contributed by atoms with van der Waals surface area (Å²) in [6, 6.07) is 16.0. The highest BCUT2D eigenvalue weighted by Crippen LogP contribution is 2.29. The van der Waals surface area contributed by atoms with Gasteiger partial charge >= 0.3 is 0 Å². The van der Waals surface area contributed by atoms with Crippen LogP contribution in [0.3, 0.4) is 0 Å². The van der Waals surface area contributed by atoms with E-state index in [0.29, 0.717) is 43.0 Å². The Labute approximate surface area is 193 Å². The van der Waals surface area contributed by atoms with E-state index in [9.17, 15) is 4.39 Å². The van der Waals surface area contributed by atoms with Gasteiger partial charge < -0.3 is 14.8 Å². The fraction of sp³-hybridized carbons (Fsp3) is 0.227. The van der Waals surface area contributed by atoms with Crippen LogP contribution in [-0.2, 0) is 19.7 Å². The van der Waals surface area contributed by atoms with Crippen molar-refractivity contribution < 1.29 is 13.9 Å². The number of rotatable bonds is 9. The van der Waals surface area contributed by atoms with Crippen LogP contribution in [0.25, 0.3) is 0 Å². The number of ether oxygens (including phenoxy) is 2. The average molecular weight is 474 g/mol. The minimum Gasteiger partial charge on any atom is -0.490 e. The predicted octanol–water partition coefficient (Wildman–Crippen LogP) is 5.99. The van der Waals surface area contributed by atoms with Crippen molar-refractivity contribution in [1.29, 1.82) is 0 Å². The van der Waals surface area contributed by atoms with Crippen molar-refractivity contribution >= 4 is 36.4 Å². The van der Waals surface area contributed by atoms with Gasteiger partial charge in [-0.15, -0.1) is 24.8 Å². The molecule has 1 N–H and O–H groups in total. The Morgan fingerprint density at radius 2 is 1.53 bits per heavy atom. The fourth-order valence-corrected chi connectivity index (χ4v) is 2.77. The van der Waals surface area contributed by atoms with Gasteiger partial charge in [-0.25, -0.2) is 9.37 Å².